The fourth-order valence-electron chi connectivity index (χ4n) is 2.79. The zero-order chi connectivity index (χ0) is 20.5. The largest absolute Gasteiger partial charge is 0.434 e. The Bertz CT molecular complexity index is 783. The van der Waals surface area contributed by atoms with Crippen LogP contribution in [0.5, 0.6) is 5.75 Å². The average Bonchev–Trinajstić information content (AvgIpc) is 3.13. The van der Waals surface area contributed by atoms with Crippen LogP contribution in [-0.4, -0.2) is 24.8 Å². The van der Waals surface area contributed by atoms with Crippen LogP contribution in [0.1, 0.15) is 49.6 Å². The number of rotatable bonds is 9. The summed E-state index contributed by atoms with van der Waals surface area (Å²) in [5.41, 5.74) is 0.895. The van der Waals surface area contributed by atoms with Gasteiger partial charge in [-0.15, -0.1) is 24.0 Å². The summed E-state index contributed by atoms with van der Waals surface area (Å²) in [5, 5.41) is 9.99. The number of halogens is 4. The number of aliphatic imine (C=N–C) groups is 1. The molecule has 0 aliphatic rings. The molecule has 0 atom stereocenters. The van der Waals surface area contributed by atoms with Gasteiger partial charge in [0.05, 0.1) is 12.2 Å². The maximum Gasteiger partial charge on any atom is 0.387 e. The fourth-order valence-corrected chi connectivity index (χ4v) is 2.79. The summed E-state index contributed by atoms with van der Waals surface area (Å²) in [7, 11) is 1.54. The van der Waals surface area contributed by atoms with E-state index in [4.69, 9.17) is 4.52 Å². The Labute approximate surface area is 185 Å². The zero-order valence-corrected chi connectivity index (χ0v) is 18.9. The van der Waals surface area contributed by atoms with Gasteiger partial charge in [-0.1, -0.05) is 25.1 Å². The van der Waals surface area contributed by atoms with Gasteiger partial charge in [-0.2, -0.15) is 8.78 Å². The SMILES string of the molecule is CCC(CC)c1cc(CNC(=NC)NCc2c(F)cccc2OC(F)F)on1.I. The van der Waals surface area contributed by atoms with Crippen molar-refractivity contribution in [2.75, 3.05) is 7.05 Å². The second-order valence-electron chi connectivity index (χ2n) is 6.11. The highest BCUT2D eigenvalue weighted by Crippen LogP contribution is 2.24. The molecule has 10 heteroatoms. The lowest BCUT2D eigenvalue weighted by molar-refractivity contribution is -0.0506. The molecule has 0 saturated heterocycles. The van der Waals surface area contributed by atoms with Crippen LogP contribution in [0.4, 0.5) is 13.2 Å². The van der Waals surface area contributed by atoms with Crippen LogP contribution in [0.2, 0.25) is 0 Å². The summed E-state index contributed by atoms with van der Waals surface area (Å²) in [4.78, 5) is 4.03. The summed E-state index contributed by atoms with van der Waals surface area (Å²) in [6.45, 7) is 1.41. The van der Waals surface area contributed by atoms with Crippen LogP contribution >= 0.6 is 24.0 Å². The molecule has 0 spiro atoms. The Balaban J connectivity index is 0.00000420. The molecule has 0 aliphatic carbocycles. The van der Waals surface area contributed by atoms with E-state index in [1.165, 1.54) is 18.2 Å². The van der Waals surface area contributed by atoms with Crippen molar-refractivity contribution in [3.63, 3.8) is 0 Å². The summed E-state index contributed by atoms with van der Waals surface area (Å²) in [6.07, 6.45) is 1.95. The molecule has 0 saturated carbocycles. The van der Waals surface area contributed by atoms with E-state index in [9.17, 15) is 13.2 Å². The van der Waals surface area contributed by atoms with Gasteiger partial charge in [-0.05, 0) is 25.0 Å². The third kappa shape index (κ3) is 7.41. The molecule has 162 valence electrons. The minimum absolute atomic E-state index is 0. The third-order valence-electron chi connectivity index (χ3n) is 4.36. The highest BCUT2D eigenvalue weighted by Gasteiger charge is 2.15. The lowest BCUT2D eigenvalue weighted by Crippen LogP contribution is -2.36. The summed E-state index contributed by atoms with van der Waals surface area (Å²) >= 11 is 0. The predicted molar refractivity (Wildman–Crippen MR) is 115 cm³/mol. The van der Waals surface area contributed by atoms with E-state index in [2.05, 4.69) is 39.4 Å². The molecule has 1 heterocycles. The fraction of sp³-hybridized carbons (Fsp3) is 0.474. The van der Waals surface area contributed by atoms with Gasteiger partial charge >= 0.3 is 6.61 Å². The first-order valence-corrected chi connectivity index (χ1v) is 9.10. The first-order chi connectivity index (χ1) is 13.5. The third-order valence-corrected chi connectivity index (χ3v) is 4.36. The maximum atomic E-state index is 14.0. The molecule has 2 rings (SSSR count). The number of guanidine groups is 1. The Morgan fingerprint density at radius 1 is 1.21 bits per heavy atom. The molecule has 0 unspecified atom stereocenters. The number of hydrogen-bond donors (Lipinski definition) is 2. The van der Waals surface area contributed by atoms with Crippen molar-refractivity contribution >= 4 is 29.9 Å². The Hall–Kier alpha value is -1.98. The highest BCUT2D eigenvalue weighted by atomic mass is 127. The zero-order valence-electron chi connectivity index (χ0n) is 16.5. The van der Waals surface area contributed by atoms with E-state index in [-0.39, 0.29) is 41.8 Å². The molecular formula is C19H26F3IN4O2. The standard InChI is InChI=1S/C19H25F3N4O2.HI/c1-4-12(5-2)16-9-13(28-26-16)10-24-19(23-3)25-11-14-15(20)7-6-8-17(14)27-18(21)22;/h6-9,12,18H,4-5,10-11H2,1-3H3,(H2,23,24,25);1H. The van der Waals surface area contributed by atoms with Crippen molar-refractivity contribution in [1.29, 1.82) is 0 Å². The van der Waals surface area contributed by atoms with E-state index in [1.807, 2.05) is 6.07 Å². The van der Waals surface area contributed by atoms with Crippen molar-refractivity contribution < 1.29 is 22.4 Å². The van der Waals surface area contributed by atoms with Gasteiger partial charge in [0.15, 0.2) is 11.7 Å². The van der Waals surface area contributed by atoms with Gasteiger partial charge < -0.3 is 19.9 Å². The molecule has 6 nitrogen and oxygen atoms in total. The number of hydrogen-bond acceptors (Lipinski definition) is 4. The number of nitrogens with zero attached hydrogens (tertiary/aromatic N) is 2. The lowest BCUT2D eigenvalue weighted by Gasteiger charge is -2.14. The van der Waals surface area contributed by atoms with Crippen molar-refractivity contribution in [2.45, 2.75) is 52.3 Å². The number of aromatic nitrogens is 1. The number of benzene rings is 1. The first-order valence-electron chi connectivity index (χ1n) is 9.10. The van der Waals surface area contributed by atoms with Crippen LogP contribution in [0.25, 0.3) is 0 Å². The first kappa shape index (κ1) is 25.1. The molecule has 0 aliphatic heterocycles. The van der Waals surface area contributed by atoms with Crippen LogP contribution < -0.4 is 15.4 Å². The molecule has 0 amide bonds. The molecule has 2 N–H and O–H groups in total. The van der Waals surface area contributed by atoms with Gasteiger partial charge in [0.2, 0.25) is 0 Å². The Morgan fingerprint density at radius 2 is 1.90 bits per heavy atom. The van der Waals surface area contributed by atoms with E-state index in [1.54, 1.807) is 7.05 Å². The molecule has 0 fully saturated rings. The molecule has 1 aromatic heterocycles. The van der Waals surface area contributed by atoms with Crippen LogP contribution in [0.3, 0.4) is 0 Å². The van der Waals surface area contributed by atoms with Crippen molar-refractivity contribution in [2.24, 2.45) is 4.99 Å². The topological polar surface area (TPSA) is 71.7 Å². The Morgan fingerprint density at radius 3 is 2.52 bits per heavy atom. The van der Waals surface area contributed by atoms with Gasteiger partial charge in [0, 0.05) is 31.1 Å². The van der Waals surface area contributed by atoms with E-state index >= 15 is 0 Å². The molecule has 2 aromatic rings. The van der Waals surface area contributed by atoms with E-state index < -0.39 is 12.4 Å². The Kier molecular flexibility index (Phi) is 10.8. The molecule has 1 aromatic carbocycles. The second kappa shape index (κ2) is 12.6. The maximum absolute atomic E-state index is 14.0. The van der Waals surface area contributed by atoms with Gasteiger partial charge in [-0.3, -0.25) is 4.99 Å². The van der Waals surface area contributed by atoms with Crippen LogP contribution in [0, 0.1) is 5.82 Å². The lowest BCUT2D eigenvalue weighted by atomic mass is 9.99. The number of nitrogens with one attached hydrogen (secondary N) is 2. The van der Waals surface area contributed by atoms with E-state index in [0.29, 0.717) is 24.2 Å². The monoisotopic (exact) mass is 526 g/mol. The average molecular weight is 526 g/mol. The van der Waals surface area contributed by atoms with Gasteiger partial charge in [0.25, 0.3) is 0 Å². The van der Waals surface area contributed by atoms with Crippen LogP contribution in [0.15, 0.2) is 33.8 Å². The van der Waals surface area contributed by atoms with Crippen molar-refractivity contribution in [1.82, 2.24) is 15.8 Å². The highest BCUT2D eigenvalue weighted by molar-refractivity contribution is 14.0. The van der Waals surface area contributed by atoms with Crippen LogP contribution in [-0.2, 0) is 13.1 Å². The van der Waals surface area contributed by atoms with Crippen molar-refractivity contribution in [3.8, 4) is 5.75 Å². The number of alkyl halides is 2. The normalized spacial score (nSPS) is 11.5. The molecule has 0 bridgehead atoms. The second-order valence-corrected chi connectivity index (χ2v) is 6.11. The molecule has 29 heavy (non-hydrogen) atoms. The van der Waals surface area contributed by atoms with Crippen molar-refractivity contribution in [3.05, 3.63) is 47.1 Å². The predicted octanol–water partition coefficient (Wildman–Crippen LogP) is 4.80. The smallest absolute Gasteiger partial charge is 0.387 e. The number of ether oxygens (including phenoxy) is 1. The molecule has 0 radical (unpaired) electrons. The van der Waals surface area contributed by atoms with E-state index in [0.717, 1.165) is 18.5 Å². The summed E-state index contributed by atoms with van der Waals surface area (Å²) in [6, 6.07) is 5.67. The van der Waals surface area contributed by atoms with Gasteiger partial charge in [-0.25, -0.2) is 4.39 Å². The van der Waals surface area contributed by atoms with Gasteiger partial charge in [0.1, 0.15) is 11.6 Å². The summed E-state index contributed by atoms with van der Waals surface area (Å²) in [5.74, 6) is 0.475. The quantitative estimate of drug-likeness (QED) is 0.279. The minimum Gasteiger partial charge on any atom is -0.434 e. The minimum atomic E-state index is -3.03. The molecular weight excluding hydrogens is 500 g/mol. The summed E-state index contributed by atoms with van der Waals surface area (Å²) < 4.78 is 48.7.